The van der Waals surface area contributed by atoms with Crippen molar-refractivity contribution in [2.24, 2.45) is 17.8 Å². The monoisotopic (exact) mass is 587 g/mol. The summed E-state index contributed by atoms with van der Waals surface area (Å²) in [6, 6.07) is 16.7. The minimum absolute atomic E-state index is 0.108. The second-order valence-corrected chi connectivity index (χ2v) is 11.1. The van der Waals surface area contributed by atoms with Crippen molar-refractivity contribution in [2.75, 3.05) is 13.2 Å². The van der Waals surface area contributed by atoms with Gasteiger partial charge in [0.05, 0.1) is 29.5 Å². The number of likely N-dealkylation sites (tertiary alicyclic amines) is 1. The number of aliphatic hydroxyl groups excluding tert-OH is 1. The predicted octanol–water partition coefficient (Wildman–Crippen LogP) is 4.02. The zero-order valence-electron chi connectivity index (χ0n) is 21.0. The van der Waals surface area contributed by atoms with Gasteiger partial charge in [-0.2, -0.15) is 0 Å². The number of imide groups is 1. The number of ketones is 2. The van der Waals surface area contributed by atoms with Crippen molar-refractivity contribution in [2.45, 2.75) is 25.3 Å². The fourth-order valence-electron chi connectivity index (χ4n) is 6.49. The highest BCUT2D eigenvalue weighted by molar-refractivity contribution is 9.12. The van der Waals surface area contributed by atoms with Gasteiger partial charge in [0, 0.05) is 23.1 Å². The number of carbonyl (C=O) groups is 4. The van der Waals surface area contributed by atoms with Gasteiger partial charge in [-0.15, -0.1) is 0 Å². The van der Waals surface area contributed by atoms with Gasteiger partial charge in [-0.1, -0.05) is 54.1 Å². The third-order valence-corrected chi connectivity index (χ3v) is 8.77. The summed E-state index contributed by atoms with van der Waals surface area (Å²) in [4.78, 5) is 55.3. The molecule has 198 valence electrons. The Labute approximate surface area is 234 Å². The maximum Gasteiger partial charge on any atom is 0.234 e. The first kappa shape index (κ1) is 25.6. The van der Waals surface area contributed by atoms with Gasteiger partial charge in [0.15, 0.2) is 11.6 Å². The number of hydrogen-bond donors (Lipinski definition) is 1. The van der Waals surface area contributed by atoms with E-state index in [4.69, 9.17) is 9.84 Å². The van der Waals surface area contributed by atoms with Gasteiger partial charge >= 0.3 is 0 Å². The molecule has 2 amide bonds. The van der Waals surface area contributed by atoms with E-state index in [1.807, 2.05) is 48.5 Å². The molecule has 0 aromatic heterocycles. The average molecular weight is 588 g/mol. The molecular formula is C31H26BrNO6. The quantitative estimate of drug-likeness (QED) is 0.311. The fourth-order valence-corrected chi connectivity index (χ4v) is 6.94. The highest BCUT2D eigenvalue weighted by atomic mass is 79.9. The van der Waals surface area contributed by atoms with Crippen molar-refractivity contribution in [3.05, 3.63) is 99.1 Å². The van der Waals surface area contributed by atoms with Crippen molar-refractivity contribution in [1.29, 1.82) is 0 Å². The van der Waals surface area contributed by atoms with E-state index in [1.54, 1.807) is 12.1 Å². The van der Waals surface area contributed by atoms with E-state index in [0.29, 0.717) is 23.3 Å². The number of halogens is 1. The first-order valence-electron chi connectivity index (χ1n) is 13.0. The van der Waals surface area contributed by atoms with Gasteiger partial charge in [0.2, 0.25) is 11.8 Å². The first-order chi connectivity index (χ1) is 18.9. The summed E-state index contributed by atoms with van der Waals surface area (Å²) in [5.74, 6) is -2.26. The Morgan fingerprint density at radius 1 is 0.949 bits per heavy atom. The van der Waals surface area contributed by atoms with Crippen molar-refractivity contribution < 1.29 is 29.0 Å². The number of rotatable bonds is 6. The third kappa shape index (κ3) is 4.32. The molecule has 1 N–H and O–H groups in total. The molecule has 1 fully saturated rings. The number of amides is 2. The molecule has 1 heterocycles. The summed E-state index contributed by atoms with van der Waals surface area (Å²) in [7, 11) is 0. The summed E-state index contributed by atoms with van der Waals surface area (Å²) in [6.07, 6.45) is 3.98. The van der Waals surface area contributed by atoms with Crippen LogP contribution < -0.4 is 4.74 Å². The largest absolute Gasteiger partial charge is 0.491 e. The third-order valence-electron chi connectivity index (χ3n) is 8.18. The SMILES string of the molecule is O=C1C=C(Br)C(=O)C2=C1C(c1ccc(OCCO)cc1)C1=CCC3C(=O)N(Cc4ccccc4)C(=O)C3C1C2. The Bertz CT molecular complexity index is 1470. The van der Waals surface area contributed by atoms with E-state index >= 15 is 0 Å². The number of allylic oxidation sites excluding steroid dienone is 6. The summed E-state index contributed by atoms with van der Waals surface area (Å²) in [6.45, 7) is 0.269. The Morgan fingerprint density at radius 2 is 1.69 bits per heavy atom. The highest BCUT2D eigenvalue weighted by Crippen LogP contribution is 2.55. The van der Waals surface area contributed by atoms with Crippen molar-refractivity contribution in [3.8, 4) is 5.75 Å². The zero-order chi connectivity index (χ0) is 27.3. The molecule has 3 aliphatic carbocycles. The Morgan fingerprint density at radius 3 is 2.41 bits per heavy atom. The van der Waals surface area contributed by atoms with Crippen LogP contribution in [0.25, 0.3) is 0 Å². The van der Waals surface area contributed by atoms with Crippen LogP contribution in [0.15, 0.2) is 88.0 Å². The average Bonchev–Trinajstić information content (AvgIpc) is 3.19. The van der Waals surface area contributed by atoms with Crippen LogP contribution in [0.1, 0.15) is 29.9 Å². The molecule has 1 aliphatic heterocycles. The summed E-state index contributed by atoms with van der Waals surface area (Å²) < 4.78 is 5.71. The molecule has 6 rings (SSSR count). The summed E-state index contributed by atoms with van der Waals surface area (Å²) in [5, 5.41) is 9.06. The number of hydrogen-bond acceptors (Lipinski definition) is 6. The lowest BCUT2D eigenvalue weighted by Gasteiger charge is -2.42. The Balaban J connectivity index is 1.40. The van der Waals surface area contributed by atoms with Crippen molar-refractivity contribution >= 4 is 39.3 Å². The number of carbonyl (C=O) groups excluding carboxylic acids is 4. The van der Waals surface area contributed by atoms with E-state index < -0.39 is 17.8 Å². The van der Waals surface area contributed by atoms with Crippen LogP contribution in [0.4, 0.5) is 0 Å². The molecule has 4 aliphatic rings. The normalized spacial score (nSPS) is 26.2. The minimum Gasteiger partial charge on any atom is -0.491 e. The van der Waals surface area contributed by atoms with Crippen LogP contribution >= 0.6 is 15.9 Å². The fraction of sp³-hybridized carbons (Fsp3) is 0.290. The standard InChI is InChI=1S/C31H26BrNO6/c32-24-15-25(35)28-23(29(24)36)14-22-20(26(28)18-6-8-19(9-7-18)39-13-12-34)10-11-21-27(22)31(38)33(30(21)37)16-17-4-2-1-3-5-17/h1-10,15,21-22,26-27,34H,11-14,16H2. The molecule has 39 heavy (non-hydrogen) atoms. The van der Waals surface area contributed by atoms with E-state index in [-0.39, 0.29) is 60.0 Å². The van der Waals surface area contributed by atoms with Crippen LogP contribution in [-0.2, 0) is 25.7 Å². The van der Waals surface area contributed by atoms with Crippen LogP contribution in [0.5, 0.6) is 5.75 Å². The maximum atomic E-state index is 13.8. The molecule has 7 nitrogen and oxygen atoms in total. The summed E-state index contributed by atoms with van der Waals surface area (Å²) >= 11 is 3.25. The lowest BCUT2D eigenvalue weighted by molar-refractivity contribution is -0.140. The molecule has 2 aromatic carbocycles. The highest BCUT2D eigenvalue weighted by Gasteiger charge is 2.56. The number of fused-ring (bicyclic) bond motifs is 3. The van der Waals surface area contributed by atoms with Crippen molar-refractivity contribution in [1.82, 2.24) is 4.90 Å². The molecule has 4 unspecified atom stereocenters. The Hall–Kier alpha value is -3.62. The van der Waals surface area contributed by atoms with Gasteiger partial charge in [-0.05, 0) is 57.9 Å². The molecule has 4 atom stereocenters. The van der Waals surface area contributed by atoms with Gasteiger partial charge in [-0.3, -0.25) is 24.1 Å². The van der Waals surface area contributed by atoms with Crippen molar-refractivity contribution in [3.63, 3.8) is 0 Å². The molecule has 0 bridgehead atoms. The van der Waals surface area contributed by atoms with Gasteiger partial charge < -0.3 is 9.84 Å². The zero-order valence-corrected chi connectivity index (χ0v) is 22.6. The number of ether oxygens (including phenoxy) is 1. The Kier molecular flexibility index (Phi) is 6.69. The maximum absolute atomic E-state index is 13.8. The number of Topliss-reactive ketones (excluding diaryl/α,β-unsaturated/α-hetero) is 1. The second-order valence-electron chi connectivity index (χ2n) is 10.3. The van der Waals surface area contributed by atoms with Crippen LogP contribution in [0, 0.1) is 17.8 Å². The van der Waals surface area contributed by atoms with E-state index in [2.05, 4.69) is 15.9 Å². The number of aliphatic hydroxyl groups is 1. The molecular weight excluding hydrogens is 562 g/mol. The van der Waals surface area contributed by atoms with E-state index in [0.717, 1.165) is 16.7 Å². The molecule has 8 heteroatoms. The molecule has 1 saturated heterocycles. The predicted molar refractivity (Wildman–Crippen MR) is 146 cm³/mol. The molecule has 0 spiro atoms. The molecule has 0 radical (unpaired) electrons. The second kappa shape index (κ2) is 10.2. The lowest BCUT2D eigenvalue weighted by atomic mass is 9.59. The van der Waals surface area contributed by atoms with E-state index in [1.165, 1.54) is 11.0 Å². The minimum atomic E-state index is -0.586. The first-order valence-corrected chi connectivity index (χ1v) is 13.8. The van der Waals surface area contributed by atoms with Gasteiger partial charge in [0.1, 0.15) is 12.4 Å². The van der Waals surface area contributed by atoms with Crippen LogP contribution in [0.2, 0.25) is 0 Å². The van der Waals surface area contributed by atoms with Crippen LogP contribution in [-0.4, -0.2) is 46.6 Å². The van der Waals surface area contributed by atoms with Crippen LogP contribution in [0.3, 0.4) is 0 Å². The smallest absolute Gasteiger partial charge is 0.234 e. The summed E-state index contributed by atoms with van der Waals surface area (Å²) in [5.41, 5.74) is 3.44. The lowest BCUT2D eigenvalue weighted by Crippen LogP contribution is -2.39. The molecule has 0 saturated carbocycles. The van der Waals surface area contributed by atoms with E-state index in [9.17, 15) is 19.2 Å². The number of benzene rings is 2. The van der Waals surface area contributed by atoms with Gasteiger partial charge in [0.25, 0.3) is 0 Å². The van der Waals surface area contributed by atoms with Gasteiger partial charge in [-0.25, -0.2) is 0 Å². The number of nitrogens with zero attached hydrogens (tertiary/aromatic N) is 1. The topological polar surface area (TPSA) is 101 Å². The molecule has 2 aromatic rings.